The predicted molar refractivity (Wildman–Crippen MR) is 104 cm³/mol. The highest BCUT2D eigenvalue weighted by atomic mass is 16.5. The van der Waals surface area contributed by atoms with Crippen molar-refractivity contribution in [3.63, 3.8) is 0 Å². The fraction of sp³-hybridized carbons (Fsp3) is 0.200. The summed E-state index contributed by atoms with van der Waals surface area (Å²) in [5.41, 5.74) is 2.13. The first-order valence-electron chi connectivity index (χ1n) is 8.66. The van der Waals surface area contributed by atoms with Crippen molar-refractivity contribution in [2.75, 3.05) is 26.0 Å². The molecule has 1 N–H and O–H groups in total. The Morgan fingerprint density at radius 2 is 1.96 bits per heavy atom. The van der Waals surface area contributed by atoms with Crippen molar-refractivity contribution in [3.8, 4) is 5.75 Å². The molecule has 0 fully saturated rings. The van der Waals surface area contributed by atoms with E-state index in [9.17, 15) is 9.59 Å². The minimum Gasteiger partial charge on any atom is -0.497 e. The molecular weight excluding hydrogens is 358 g/mol. The van der Waals surface area contributed by atoms with Gasteiger partial charge in [-0.15, -0.1) is 0 Å². The maximum absolute atomic E-state index is 12.6. The topological polar surface area (TPSA) is 89.4 Å². The van der Waals surface area contributed by atoms with Gasteiger partial charge in [-0.1, -0.05) is 18.2 Å². The van der Waals surface area contributed by atoms with Crippen molar-refractivity contribution in [3.05, 3.63) is 72.3 Å². The minimum atomic E-state index is -0.285. The van der Waals surface area contributed by atoms with E-state index >= 15 is 0 Å². The molecule has 144 valence electrons. The fourth-order valence-electron chi connectivity index (χ4n) is 2.66. The second kappa shape index (κ2) is 8.81. The molecule has 28 heavy (non-hydrogen) atoms. The Balaban J connectivity index is 1.56. The van der Waals surface area contributed by atoms with Gasteiger partial charge in [0.05, 0.1) is 20.2 Å². The zero-order valence-electron chi connectivity index (χ0n) is 15.7. The summed E-state index contributed by atoms with van der Waals surface area (Å²) >= 11 is 0. The number of amides is 2. The van der Waals surface area contributed by atoms with Crippen LogP contribution in [0, 0.1) is 0 Å². The largest absolute Gasteiger partial charge is 0.497 e. The number of likely N-dealkylation sites (N-methyl/N-ethyl adjacent to an activating group) is 1. The van der Waals surface area contributed by atoms with Crippen LogP contribution in [0.15, 0.2) is 61.2 Å². The predicted octanol–water partition coefficient (Wildman–Crippen LogP) is 2.05. The number of hydrogen-bond acceptors (Lipinski definition) is 5. The zero-order valence-corrected chi connectivity index (χ0v) is 15.7. The maximum atomic E-state index is 12.6. The van der Waals surface area contributed by atoms with E-state index in [1.165, 1.54) is 11.2 Å². The third-order valence-corrected chi connectivity index (χ3v) is 4.09. The molecule has 2 amide bonds. The van der Waals surface area contributed by atoms with Crippen LogP contribution in [-0.4, -0.2) is 52.2 Å². The van der Waals surface area contributed by atoms with Crippen LogP contribution in [-0.2, 0) is 11.3 Å². The molecule has 0 atom stereocenters. The van der Waals surface area contributed by atoms with E-state index in [1.54, 1.807) is 61.6 Å². The number of rotatable bonds is 7. The Hall–Kier alpha value is -3.68. The van der Waals surface area contributed by atoms with Gasteiger partial charge in [0.1, 0.15) is 18.4 Å². The van der Waals surface area contributed by atoms with E-state index in [0.717, 1.165) is 5.56 Å². The number of carbonyl (C=O) groups excluding carboxylic acids is 2. The molecular formula is C20H21N5O3. The molecule has 0 unspecified atom stereocenters. The Kier molecular flexibility index (Phi) is 6.01. The minimum absolute atomic E-state index is 0.0588. The van der Waals surface area contributed by atoms with Crippen molar-refractivity contribution >= 4 is 17.5 Å². The Bertz CT molecular complexity index is 939. The lowest BCUT2D eigenvalue weighted by Gasteiger charge is -2.17. The van der Waals surface area contributed by atoms with E-state index < -0.39 is 0 Å². The number of hydrogen-bond donors (Lipinski definition) is 1. The van der Waals surface area contributed by atoms with Crippen molar-refractivity contribution in [1.82, 2.24) is 19.7 Å². The molecule has 0 saturated heterocycles. The van der Waals surface area contributed by atoms with Gasteiger partial charge >= 0.3 is 0 Å². The molecule has 0 aliphatic carbocycles. The second-order valence-corrected chi connectivity index (χ2v) is 6.23. The summed E-state index contributed by atoms with van der Waals surface area (Å²) in [7, 11) is 3.15. The lowest BCUT2D eigenvalue weighted by Crippen LogP contribution is -2.34. The monoisotopic (exact) mass is 379 g/mol. The van der Waals surface area contributed by atoms with E-state index in [0.29, 0.717) is 23.5 Å². The Morgan fingerprint density at radius 1 is 1.18 bits per heavy atom. The molecule has 3 aromatic rings. The molecule has 0 spiro atoms. The van der Waals surface area contributed by atoms with Gasteiger partial charge in [-0.05, 0) is 29.8 Å². The highest BCUT2D eigenvalue weighted by molar-refractivity contribution is 5.99. The standard InChI is InChI=1S/C20H21N5O3/c1-24(12-19(26)23-17-4-3-5-18(10-17)28-2)20(27)16-8-6-15(7-9-16)11-25-14-21-13-22-25/h3-10,13-14H,11-12H2,1-2H3,(H,23,26). The van der Waals surface area contributed by atoms with Gasteiger partial charge in [0.15, 0.2) is 0 Å². The molecule has 1 aromatic heterocycles. The van der Waals surface area contributed by atoms with Crippen molar-refractivity contribution in [1.29, 1.82) is 0 Å². The Morgan fingerprint density at radius 3 is 2.64 bits per heavy atom. The smallest absolute Gasteiger partial charge is 0.254 e. The van der Waals surface area contributed by atoms with Gasteiger partial charge in [-0.2, -0.15) is 5.10 Å². The number of benzene rings is 2. The second-order valence-electron chi connectivity index (χ2n) is 6.23. The molecule has 8 nitrogen and oxygen atoms in total. The summed E-state index contributed by atoms with van der Waals surface area (Å²) in [5, 5.41) is 6.81. The number of aromatic nitrogens is 3. The quantitative estimate of drug-likeness (QED) is 0.679. The van der Waals surface area contributed by atoms with Gasteiger partial charge in [-0.25, -0.2) is 9.67 Å². The number of nitrogens with zero attached hydrogens (tertiary/aromatic N) is 4. The van der Waals surface area contributed by atoms with E-state index in [1.807, 2.05) is 12.1 Å². The van der Waals surface area contributed by atoms with E-state index in [-0.39, 0.29) is 18.4 Å². The maximum Gasteiger partial charge on any atom is 0.254 e. The molecule has 0 radical (unpaired) electrons. The van der Waals surface area contributed by atoms with Crippen LogP contribution in [0.4, 0.5) is 5.69 Å². The molecule has 8 heteroatoms. The Labute approximate surface area is 162 Å². The summed E-state index contributed by atoms with van der Waals surface area (Å²) < 4.78 is 6.83. The van der Waals surface area contributed by atoms with Crippen LogP contribution in [0.3, 0.4) is 0 Å². The van der Waals surface area contributed by atoms with Gasteiger partial charge in [0, 0.05) is 24.4 Å². The summed E-state index contributed by atoms with van der Waals surface area (Å²) in [4.78, 5) is 30.1. The molecule has 0 saturated carbocycles. The molecule has 0 bridgehead atoms. The van der Waals surface area contributed by atoms with Gasteiger partial charge in [0.25, 0.3) is 5.91 Å². The first-order valence-corrected chi connectivity index (χ1v) is 8.66. The first-order chi connectivity index (χ1) is 13.5. The third-order valence-electron chi connectivity index (χ3n) is 4.09. The lowest BCUT2D eigenvalue weighted by atomic mass is 10.1. The number of methoxy groups -OCH3 is 1. The van der Waals surface area contributed by atoms with Crippen molar-refractivity contribution in [2.24, 2.45) is 0 Å². The molecule has 2 aromatic carbocycles. The molecule has 3 rings (SSSR count). The van der Waals surface area contributed by atoms with E-state index in [2.05, 4.69) is 15.4 Å². The van der Waals surface area contributed by atoms with Crippen molar-refractivity contribution in [2.45, 2.75) is 6.54 Å². The summed E-state index contributed by atoms with van der Waals surface area (Å²) in [6.45, 7) is 0.518. The van der Waals surface area contributed by atoms with Gasteiger partial charge < -0.3 is 15.0 Å². The summed E-state index contributed by atoms with van der Waals surface area (Å²) in [5.74, 6) is 0.133. The average Bonchev–Trinajstić information content (AvgIpc) is 3.21. The SMILES string of the molecule is COc1cccc(NC(=O)CN(C)C(=O)c2ccc(Cn3cncn3)cc2)c1. The summed E-state index contributed by atoms with van der Waals surface area (Å²) in [6.07, 6.45) is 3.11. The number of ether oxygens (including phenoxy) is 1. The normalized spacial score (nSPS) is 10.4. The van der Waals surface area contributed by atoms with Crippen LogP contribution in [0.2, 0.25) is 0 Å². The highest BCUT2D eigenvalue weighted by Gasteiger charge is 2.15. The molecule has 0 aliphatic heterocycles. The van der Waals surface area contributed by atoms with Crippen LogP contribution in [0.25, 0.3) is 0 Å². The summed E-state index contributed by atoms with van der Waals surface area (Å²) in [6, 6.07) is 14.2. The van der Waals surface area contributed by atoms with Crippen LogP contribution in [0.1, 0.15) is 15.9 Å². The fourth-order valence-corrected chi connectivity index (χ4v) is 2.66. The number of anilines is 1. The molecule has 0 aliphatic rings. The van der Waals surface area contributed by atoms with Crippen LogP contribution >= 0.6 is 0 Å². The lowest BCUT2D eigenvalue weighted by molar-refractivity contribution is -0.116. The average molecular weight is 379 g/mol. The van der Waals surface area contributed by atoms with E-state index in [4.69, 9.17) is 4.74 Å². The van der Waals surface area contributed by atoms with Crippen LogP contribution in [0.5, 0.6) is 5.75 Å². The number of nitrogens with one attached hydrogen (secondary N) is 1. The molecule has 1 heterocycles. The van der Waals surface area contributed by atoms with Gasteiger partial charge in [0.2, 0.25) is 5.91 Å². The third kappa shape index (κ3) is 4.94. The van der Waals surface area contributed by atoms with Gasteiger partial charge in [-0.3, -0.25) is 9.59 Å². The van der Waals surface area contributed by atoms with Crippen LogP contribution < -0.4 is 10.1 Å². The first kappa shape index (κ1) is 19.1. The van der Waals surface area contributed by atoms with Crippen molar-refractivity contribution < 1.29 is 14.3 Å². The highest BCUT2D eigenvalue weighted by Crippen LogP contribution is 2.16. The number of carbonyl (C=O) groups is 2. The zero-order chi connectivity index (χ0) is 19.9.